The molecule has 3 unspecified atom stereocenters. The summed E-state index contributed by atoms with van der Waals surface area (Å²) in [6.07, 6.45) is 5.63. The number of fused-ring (bicyclic) bond motifs is 1. The Morgan fingerprint density at radius 3 is 2.77 bits per heavy atom. The highest BCUT2D eigenvalue weighted by Gasteiger charge is 2.72. The Bertz CT molecular complexity index is 926. The van der Waals surface area contributed by atoms with Gasteiger partial charge in [-0.3, -0.25) is 14.6 Å². The number of anilines is 1. The lowest BCUT2D eigenvalue weighted by atomic mass is 10.1. The van der Waals surface area contributed by atoms with Gasteiger partial charge in [-0.1, -0.05) is 23.9 Å². The summed E-state index contributed by atoms with van der Waals surface area (Å²) in [5.74, 6) is 0.619. The predicted octanol–water partition coefficient (Wildman–Crippen LogP) is 1.71. The zero-order chi connectivity index (χ0) is 21.7. The lowest BCUT2D eigenvalue weighted by molar-refractivity contribution is -0.163. The van der Waals surface area contributed by atoms with E-state index >= 15 is 0 Å². The molecule has 4 heterocycles. The van der Waals surface area contributed by atoms with Gasteiger partial charge in [0.15, 0.2) is 0 Å². The number of urea groups is 1. The number of aromatic nitrogens is 2. The molecule has 3 atom stereocenters. The van der Waals surface area contributed by atoms with Crippen molar-refractivity contribution < 1.29 is 14.3 Å². The van der Waals surface area contributed by atoms with Crippen LogP contribution in [-0.4, -0.2) is 72.3 Å². The highest BCUT2D eigenvalue weighted by Crippen LogP contribution is 2.59. The van der Waals surface area contributed by atoms with E-state index in [2.05, 4.69) is 23.1 Å². The van der Waals surface area contributed by atoms with Crippen molar-refractivity contribution in [2.75, 3.05) is 25.4 Å². The average molecular weight is 431 g/mol. The summed E-state index contributed by atoms with van der Waals surface area (Å²) < 4.78 is 6.17. The first-order chi connectivity index (χ1) is 14.3. The molecule has 10 heteroatoms. The van der Waals surface area contributed by atoms with E-state index in [1.54, 1.807) is 30.2 Å². The van der Waals surface area contributed by atoms with Crippen LogP contribution in [0.3, 0.4) is 0 Å². The van der Waals surface area contributed by atoms with Crippen LogP contribution in [0, 0.1) is 6.92 Å². The Morgan fingerprint density at radius 2 is 2.10 bits per heavy atom. The third-order valence-electron chi connectivity index (χ3n) is 5.90. The largest absolute Gasteiger partial charge is 0.383 e. The lowest BCUT2D eigenvalue weighted by Gasteiger charge is -2.43. The van der Waals surface area contributed by atoms with Crippen molar-refractivity contribution in [3.63, 3.8) is 0 Å². The summed E-state index contributed by atoms with van der Waals surface area (Å²) in [4.78, 5) is 38.9. The number of aryl methyl sites for hydroxylation is 1. The van der Waals surface area contributed by atoms with Gasteiger partial charge >= 0.3 is 6.03 Å². The summed E-state index contributed by atoms with van der Waals surface area (Å²) in [6.45, 7) is 12.4. The molecule has 0 aromatic carbocycles. The van der Waals surface area contributed by atoms with Crippen molar-refractivity contribution in [2.24, 2.45) is 0 Å². The minimum absolute atomic E-state index is 0.0119. The van der Waals surface area contributed by atoms with Gasteiger partial charge in [0.1, 0.15) is 17.4 Å². The predicted molar refractivity (Wildman–Crippen MR) is 114 cm³/mol. The number of carbonyl (C=O) groups is 2. The van der Waals surface area contributed by atoms with E-state index in [-0.39, 0.29) is 36.8 Å². The number of thioether (sulfide) groups is 1. The molecule has 30 heavy (non-hydrogen) atoms. The van der Waals surface area contributed by atoms with Crippen molar-refractivity contribution in [1.29, 1.82) is 0 Å². The van der Waals surface area contributed by atoms with Gasteiger partial charge in [0.05, 0.1) is 11.9 Å². The first-order valence-electron chi connectivity index (χ1n) is 9.82. The third-order valence-corrected chi connectivity index (χ3v) is 7.80. The van der Waals surface area contributed by atoms with Gasteiger partial charge in [-0.05, 0) is 20.3 Å². The smallest absolute Gasteiger partial charge is 0.329 e. The fourth-order valence-electron chi connectivity index (χ4n) is 4.43. The van der Waals surface area contributed by atoms with Crippen molar-refractivity contribution in [3.8, 4) is 0 Å². The molecule has 9 nitrogen and oxygen atoms in total. The third kappa shape index (κ3) is 2.78. The van der Waals surface area contributed by atoms with Crippen LogP contribution in [0.15, 0.2) is 31.5 Å². The highest BCUT2D eigenvalue weighted by atomic mass is 32.2. The molecule has 3 amide bonds. The Balaban J connectivity index is 1.84. The summed E-state index contributed by atoms with van der Waals surface area (Å²) in [5, 5.41) is 0.0119. The van der Waals surface area contributed by atoms with Gasteiger partial charge in [0.25, 0.3) is 5.91 Å². The topological polar surface area (TPSA) is 105 Å². The number of rotatable bonds is 6. The summed E-state index contributed by atoms with van der Waals surface area (Å²) in [7, 11) is 0. The van der Waals surface area contributed by atoms with Gasteiger partial charge in [0.2, 0.25) is 4.99 Å². The Labute approximate surface area is 179 Å². The number of amides is 3. The molecule has 3 aliphatic heterocycles. The molecule has 3 aliphatic rings. The molecule has 1 spiro atoms. The van der Waals surface area contributed by atoms with Gasteiger partial charge in [-0.25, -0.2) is 19.7 Å². The molecule has 3 fully saturated rings. The van der Waals surface area contributed by atoms with Crippen LogP contribution in [0.2, 0.25) is 0 Å². The van der Waals surface area contributed by atoms with Crippen molar-refractivity contribution in [2.45, 2.75) is 42.8 Å². The zero-order valence-electron chi connectivity index (χ0n) is 17.2. The number of imide groups is 1. The van der Waals surface area contributed by atoms with E-state index < -0.39 is 10.7 Å². The molecule has 4 rings (SSSR count). The SMILES string of the molecule is C=CCN1C(=O)N(CC=C)C2(SC3CCOC3(C)N2Cc2cnc(C)nc2N)C1=O. The molecule has 160 valence electrons. The van der Waals surface area contributed by atoms with Crippen molar-refractivity contribution in [3.05, 3.63) is 42.9 Å². The zero-order valence-corrected chi connectivity index (χ0v) is 18.0. The molecule has 1 aromatic rings. The molecule has 0 saturated carbocycles. The van der Waals surface area contributed by atoms with E-state index in [0.717, 1.165) is 6.42 Å². The Morgan fingerprint density at radius 1 is 1.37 bits per heavy atom. The number of nitrogens with two attached hydrogens (primary N) is 1. The van der Waals surface area contributed by atoms with Gasteiger partial charge in [-0.2, -0.15) is 0 Å². The fourth-order valence-corrected chi connectivity index (χ4v) is 6.32. The average Bonchev–Trinajstić information content (AvgIpc) is 3.24. The van der Waals surface area contributed by atoms with Crippen LogP contribution in [0.5, 0.6) is 0 Å². The van der Waals surface area contributed by atoms with E-state index in [1.807, 2.05) is 11.8 Å². The minimum Gasteiger partial charge on any atom is -0.383 e. The van der Waals surface area contributed by atoms with Crippen LogP contribution in [-0.2, 0) is 16.1 Å². The number of ether oxygens (including phenoxy) is 1. The van der Waals surface area contributed by atoms with Crippen LogP contribution < -0.4 is 5.73 Å². The maximum absolute atomic E-state index is 13.7. The Hall–Kier alpha value is -2.43. The molecular weight excluding hydrogens is 404 g/mol. The van der Waals surface area contributed by atoms with Crippen LogP contribution >= 0.6 is 11.8 Å². The van der Waals surface area contributed by atoms with E-state index in [1.165, 1.54) is 16.7 Å². The number of carbonyl (C=O) groups excluding carboxylic acids is 2. The molecule has 3 saturated heterocycles. The number of hydrogen-bond acceptors (Lipinski definition) is 8. The molecule has 0 radical (unpaired) electrons. The minimum atomic E-state index is -1.26. The molecular formula is C20H26N6O3S. The maximum atomic E-state index is 13.7. The quantitative estimate of drug-likeness (QED) is 0.537. The first kappa shape index (κ1) is 20.8. The van der Waals surface area contributed by atoms with E-state index in [4.69, 9.17) is 10.5 Å². The molecule has 2 N–H and O–H groups in total. The molecule has 0 bridgehead atoms. The van der Waals surface area contributed by atoms with Crippen molar-refractivity contribution >= 4 is 29.5 Å². The number of nitrogens with zero attached hydrogens (tertiary/aromatic N) is 5. The maximum Gasteiger partial charge on any atom is 0.329 e. The molecule has 0 aliphatic carbocycles. The second-order valence-corrected chi connectivity index (χ2v) is 9.08. The van der Waals surface area contributed by atoms with Crippen LogP contribution in [0.25, 0.3) is 0 Å². The van der Waals surface area contributed by atoms with Crippen LogP contribution in [0.1, 0.15) is 24.7 Å². The summed E-state index contributed by atoms with van der Waals surface area (Å²) in [6, 6.07) is -0.367. The number of hydrogen-bond donors (Lipinski definition) is 1. The monoisotopic (exact) mass is 430 g/mol. The second-order valence-electron chi connectivity index (χ2n) is 7.71. The fraction of sp³-hybridized carbons (Fsp3) is 0.500. The lowest BCUT2D eigenvalue weighted by Crippen LogP contribution is -2.62. The van der Waals surface area contributed by atoms with Gasteiger partial charge < -0.3 is 10.5 Å². The van der Waals surface area contributed by atoms with Gasteiger partial charge in [0, 0.05) is 31.4 Å². The van der Waals surface area contributed by atoms with Crippen molar-refractivity contribution in [1.82, 2.24) is 24.7 Å². The standard InChI is InChI=1S/C20H26N6O3S/c1-5-8-24-17(27)20(25(9-6-2)18(24)28)26(19(4)15(30-20)7-10-29-19)12-14-11-22-13(3)23-16(14)21/h5-6,11,15H,1-2,7-10,12H2,3-4H3,(H2,21,22,23). The van der Waals surface area contributed by atoms with Crippen LogP contribution in [0.4, 0.5) is 10.6 Å². The van der Waals surface area contributed by atoms with E-state index in [9.17, 15) is 9.59 Å². The summed E-state index contributed by atoms with van der Waals surface area (Å²) >= 11 is 1.47. The second kappa shape index (κ2) is 7.36. The summed E-state index contributed by atoms with van der Waals surface area (Å²) in [5.41, 5.74) is 6.10. The van der Waals surface area contributed by atoms with E-state index in [0.29, 0.717) is 23.8 Å². The first-order valence-corrected chi connectivity index (χ1v) is 10.7. The number of nitrogen functional groups attached to an aromatic ring is 1. The Kier molecular flexibility index (Phi) is 5.11. The van der Waals surface area contributed by atoms with Gasteiger partial charge in [-0.15, -0.1) is 13.2 Å². The highest BCUT2D eigenvalue weighted by molar-refractivity contribution is 8.02. The molecule has 1 aromatic heterocycles. The normalized spacial score (nSPS) is 31.1.